The van der Waals surface area contributed by atoms with E-state index in [0.29, 0.717) is 4.99 Å². The Bertz CT molecular complexity index is 409. The van der Waals surface area contributed by atoms with E-state index in [1.54, 1.807) is 0 Å². The van der Waals surface area contributed by atoms with Gasteiger partial charge in [0.05, 0.1) is 0 Å². The van der Waals surface area contributed by atoms with Gasteiger partial charge in [0.1, 0.15) is 4.99 Å². The van der Waals surface area contributed by atoms with Crippen molar-refractivity contribution in [3.63, 3.8) is 0 Å². The molecule has 1 aliphatic carbocycles. The number of nitrogens with two attached hydrogens (primary N) is 1. The largest absolute Gasteiger partial charge is 0.389 e. The van der Waals surface area contributed by atoms with Gasteiger partial charge in [0.2, 0.25) is 0 Å². The molecule has 0 amide bonds. The van der Waals surface area contributed by atoms with Gasteiger partial charge < -0.3 is 11.1 Å². The molecule has 0 bridgehead atoms. The van der Waals surface area contributed by atoms with Crippen molar-refractivity contribution in [2.45, 2.75) is 32.6 Å². The summed E-state index contributed by atoms with van der Waals surface area (Å²) in [6.07, 6.45) is 5.45. The lowest BCUT2D eigenvalue weighted by Gasteiger charge is -2.17. The molecule has 1 aliphatic rings. The van der Waals surface area contributed by atoms with E-state index in [1.165, 1.54) is 31.2 Å². The van der Waals surface area contributed by atoms with Crippen LogP contribution in [-0.4, -0.2) is 11.5 Å². The summed E-state index contributed by atoms with van der Waals surface area (Å²) < 4.78 is 0. The summed E-state index contributed by atoms with van der Waals surface area (Å²) in [6, 6.07) is 6.09. The second-order valence-electron chi connectivity index (χ2n) is 4.89. The average molecular weight is 248 g/mol. The lowest BCUT2D eigenvalue weighted by molar-refractivity contribution is 0.579. The fraction of sp³-hybridized carbons (Fsp3) is 0.500. The number of benzene rings is 1. The third-order valence-electron chi connectivity index (χ3n) is 3.58. The third-order valence-corrected chi connectivity index (χ3v) is 3.80. The van der Waals surface area contributed by atoms with E-state index < -0.39 is 0 Å². The number of rotatable bonds is 4. The van der Waals surface area contributed by atoms with Crippen molar-refractivity contribution >= 4 is 22.9 Å². The highest BCUT2D eigenvalue weighted by molar-refractivity contribution is 7.80. The molecule has 92 valence electrons. The van der Waals surface area contributed by atoms with Gasteiger partial charge in [-0.05, 0) is 37.3 Å². The van der Waals surface area contributed by atoms with Crippen LogP contribution in [0.15, 0.2) is 18.2 Å². The molecule has 0 saturated heterocycles. The van der Waals surface area contributed by atoms with Gasteiger partial charge in [0.25, 0.3) is 0 Å². The highest BCUT2D eigenvalue weighted by Crippen LogP contribution is 2.27. The molecule has 0 spiro atoms. The van der Waals surface area contributed by atoms with E-state index in [-0.39, 0.29) is 0 Å². The van der Waals surface area contributed by atoms with Gasteiger partial charge in [-0.1, -0.05) is 37.2 Å². The zero-order chi connectivity index (χ0) is 12.3. The summed E-state index contributed by atoms with van der Waals surface area (Å²) in [5, 5.41) is 3.54. The second kappa shape index (κ2) is 5.50. The third kappa shape index (κ3) is 2.97. The standard InChI is InChI=1S/C14H20N2S/c1-10-5-4-8-12(14(15)17)13(10)16-9-11-6-2-3-7-11/h4-5,8,11,16H,2-3,6-7,9H2,1H3,(H2,15,17). The van der Waals surface area contributed by atoms with Crippen LogP contribution >= 0.6 is 12.2 Å². The molecule has 0 atom stereocenters. The lowest BCUT2D eigenvalue weighted by Crippen LogP contribution is -2.17. The SMILES string of the molecule is Cc1cccc(C(N)=S)c1NCC1CCCC1. The second-order valence-corrected chi connectivity index (χ2v) is 5.33. The monoisotopic (exact) mass is 248 g/mol. The summed E-state index contributed by atoms with van der Waals surface area (Å²) in [7, 11) is 0. The van der Waals surface area contributed by atoms with Crippen molar-refractivity contribution in [1.82, 2.24) is 0 Å². The van der Waals surface area contributed by atoms with E-state index in [4.69, 9.17) is 18.0 Å². The van der Waals surface area contributed by atoms with Crippen LogP contribution in [-0.2, 0) is 0 Å². The Balaban J connectivity index is 2.10. The van der Waals surface area contributed by atoms with E-state index >= 15 is 0 Å². The maximum absolute atomic E-state index is 5.76. The molecule has 17 heavy (non-hydrogen) atoms. The minimum atomic E-state index is 0.475. The maximum Gasteiger partial charge on any atom is 0.106 e. The average Bonchev–Trinajstić information content (AvgIpc) is 2.80. The fourth-order valence-corrected chi connectivity index (χ4v) is 2.74. The molecule has 0 radical (unpaired) electrons. The topological polar surface area (TPSA) is 38.0 Å². The molecule has 1 fully saturated rings. The van der Waals surface area contributed by atoms with Crippen molar-refractivity contribution in [1.29, 1.82) is 0 Å². The summed E-state index contributed by atoms with van der Waals surface area (Å²) in [6.45, 7) is 3.14. The molecule has 0 heterocycles. The molecular weight excluding hydrogens is 228 g/mol. The van der Waals surface area contributed by atoms with Crippen molar-refractivity contribution in [3.8, 4) is 0 Å². The van der Waals surface area contributed by atoms with Crippen molar-refractivity contribution in [2.24, 2.45) is 11.7 Å². The Hall–Kier alpha value is -1.09. The lowest BCUT2D eigenvalue weighted by atomic mass is 10.1. The molecule has 3 heteroatoms. The number of aryl methyl sites for hydroxylation is 1. The van der Waals surface area contributed by atoms with Crippen LogP contribution < -0.4 is 11.1 Å². The minimum Gasteiger partial charge on any atom is -0.389 e. The molecule has 0 unspecified atom stereocenters. The van der Waals surface area contributed by atoms with Crippen LogP contribution in [0, 0.1) is 12.8 Å². The quantitative estimate of drug-likeness (QED) is 0.803. The Morgan fingerprint density at radius 2 is 2.12 bits per heavy atom. The van der Waals surface area contributed by atoms with Crippen LogP contribution in [0.3, 0.4) is 0 Å². The molecular formula is C14H20N2S. The fourth-order valence-electron chi connectivity index (χ4n) is 2.57. The minimum absolute atomic E-state index is 0.475. The number of hydrogen-bond donors (Lipinski definition) is 2. The van der Waals surface area contributed by atoms with Gasteiger partial charge in [-0.2, -0.15) is 0 Å². The molecule has 0 aliphatic heterocycles. The van der Waals surface area contributed by atoms with Crippen LogP contribution in [0.5, 0.6) is 0 Å². The first-order valence-electron chi connectivity index (χ1n) is 6.32. The summed E-state index contributed by atoms with van der Waals surface area (Å²) in [5.74, 6) is 0.814. The molecule has 1 saturated carbocycles. The van der Waals surface area contributed by atoms with Crippen LogP contribution in [0.2, 0.25) is 0 Å². The number of nitrogens with one attached hydrogen (secondary N) is 1. The summed E-state index contributed by atoms with van der Waals surface area (Å²) in [4.78, 5) is 0.475. The number of anilines is 1. The first-order chi connectivity index (χ1) is 8.18. The van der Waals surface area contributed by atoms with Gasteiger partial charge in [-0.15, -0.1) is 0 Å². The zero-order valence-electron chi connectivity index (χ0n) is 10.3. The predicted molar refractivity (Wildman–Crippen MR) is 77.5 cm³/mol. The first kappa shape index (κ1) is 12.4. The Morgan fingerprint density at radius 3 is 2.76 bits per heavy atom. The number of hydrogen-bond acceptors (Lipinski definition) is 2. The number of thiocarbonyl (C=S) groups is 1. The summed E-state index contributed by atoms with van der Waals surface area (Å²) >= 11 is 5.10. The Morgan fingerprint density at radius 1 is 1.41 bits per heavy atom. The first-order valence-corrected chi connectivity index (χ1v) is 6.72. The smallest absolute Gasteiger partial charge is 0.106 e. The molecule has 2 rings (SSSR count). The van der Waals surface area contributed by atoms with E-state index in [9.17, 15) is 0 Å². The van der Waals surface area contributed by atoms with Gasteiger partial charge in [0, 0.05) is 17.8 Å². The Kier molecular flexibility index (Phi) is 4.00. The Labute approximate surface area is 109 Å². The van der Waals surface area contributed by atoms with E-state index in [2.05, 4.69) is 18.3 Å². The van der Waals surface area contributed by atoms with Gasteiger partial charge in [-0.3, -0.25) is 0 Å². The van der Waals surface area contributed by atoms with E-state index in [1.807, 2.05) is 12.1 Å². The molecule has 0 aromatic heterocycles. The molecule has 1 aromatic rings. The maximum atomic E-state index is 5.76. The van der Waals surface area contributed by atoms with Crippen molar-refractivity contribution < 1.29 is 0 Å². The highest BCUT2D eigenvalue weighted by atomic mass is 32.1. The van der Waals surface area contributed by atoms with Crippen molar-refractivity contribution in [2.75, 3.05) is 11.9 Å². The summed E-state index contributed by atoms with van der Waals surface area (Å²) in [5.41, 5.74) is 9.06. The van der Waals surface area contributed by atoms with Crippen molar-refractivity contribution in [3.05, 3.63) is 29.3 Å². The molecule has 3 N–H and O–H groups in total. The van der Waals surface area contributed by atoms with Crippen LogP contribution in [0.1, 0.15) is 36.8 Å². The predicted octanol–water partition coefficient (Wildman–Crippen LogP) is 3.23. The van der Waals surface area contributed by atoms with Crippen LogP contribution in [0.4, 0.5) is 5.69 Å². The molecule has 2 nitrogen and oxygen atoms in total. The van der Waals surface area contributed by atoms with Gasteiger partial charge in [-0.25, -0.2) is 0 Å². The van der Waals surface area contributed by atoms with Gasteiger partial charge >= 0.3 is 0 Å². The van der Waals surface area contributed by atoms with Gasteiger partial charge in [0.15, 0.2) is 0 Å². The molecule has 1 aromatic carbocycles. The highest BCUT2D eigenvalue weighted by Gasteiger charge is 2.16. The number of para-hydroxylation sites is 1. The normalized spacial score (nSPS) is 16.1. The van der Waals surface area contributed by atoms with E-state index in [0.717, 1.165) is 23.7 Å². The van der Waals surface area contributed by atoms with Crippen LogP contribution in [0.25, 0.3) is 0 Å². The zero-order valence-corrected chi connectivity index (χ0v) is 11.1.